The Labute approximate surface area is 127 Å². The Morgan fingerprint density at radius 2 is 2.14 bits per heavy atom. The van der Waals surface area contributed by atoms with E-state index < -0.39 is 0 Å². The summed E-state index contributed by atoms with van der Waals surface area (Å²) in [6, 6.07) is 1.27. The number of aromatic amines is 1. The average molecular weight is 292 g/mol. The number of aliphatic hydroxyl groups excluding tert-OH is 1. The van der Waals surface area contributed by atoms with Crippen LogP contribution in [0.15, 0.2) is 6.20 Å². The number of rotatable bonds is 5. The van der Waals surface area contributed by atoms with Crippen LogP contribution in [0.4, 0.5) is 0 Å². The summed E-state index contributed by atoms with van der Waals surface area (Å²) in [7, 11) is 0. The minimum atomic E-state index is 0.297. The van der Waals surface area contributed by atoms with Crippen molar-refractivity contribution in [1.82, 2.24) is 19.8 Å². The highest BCUT2D eigenvalue weighted by molar-refractivity contribution is 5.00. The predicted octanol–water partition coefficient (Wildman–Crippen LogP) is 1.53. The summed E-state index contributed by atoms with van der Waals surface area (Å²) in [6.07, 6.45) is 8.30. The van der Waals surface area contributed by atoms with Crippen molar-refractivity contribution in [3.63, 3.8) is 0 Å². The van der Waals surface area contributed by atoms with Gasteiger partial charge in [-0.25, -0.2) is 4.98 Å². The highest BCUT2D eigenvalue weighted by atomic mass is 16.3. The summed E-state index contributed by atoms with van der Waals surface area (Å²) in [5, 5.41) is 9.40. The summed E-state index contributed by atoms with van der Waals surface area (Å²) in [5.74, 6) is 0.987. The Kier molecular flexibility index (Phi) is 4.93. The number of imidazole rings is 1. The van der Waals surface area contributed by atoms with E-state index in [1.807, 2.05) is 13.1 Å². The molecule has 5 heteroatoms. The summed E-state index contributed by atoms with van der Waals surface area (Å²) in [5.41, 5.74) is 1.20. The Balaban J connectivity index is 1.60. The molecule has 0 unspecified atom stereocenters. The molecule has 1 saturated carbocycles. The van der Waals surface area contributed by atoms with Gasteiger partial charge in [0.05, 0.1) is 0 Å². The zero-order chi connectivity index (χ0) is 14.7. The van der Waals surface area contributed by atoms with Gasteiger partial charge in [0, 0.05) is 56.8 Å². The number of piperazine rings is 1. The van der Waals surface area contributed by atoms with E-state index in [2.05, 4.69) is 19.8 Å². The maximum atomic E-state index is 9.40. The number of hydrogen-bond donors (Lipinski definition) is 2. The van der Waals surface area contributed by atoms with Gasteiger partial charge in [0.25, 0.3) is 0 Å². The summed E-state index contributed by atoms with van der Waals surface area (Å²) < 4.78 is 0. The van der Waals surface area contributed by atoms with Crippen LogP contribution in [0.3, 0.4) is 0 Å². The van der Waals surface area contributed by atoms with E-state index in [4.69, 9.17) is 0 Å². The molecule has 0 spiro atoms. The fraction of sp³-hybridized carbons (Fsp3) is 0.812. The van der Waals surface area contributed by atoms with Gasteiger partial charge in [0.15, 0.2) is 0 Å². The van der Waals surface area contributed by atoms with E-state index in [1.165, 1.54) is 31.4 Å². The van der Waals surface area contributed by atoms with Crippen LogP contribution in [-0.2, 0) is 6.54 Å². The predicted molar refractivity (Wildman–Crippen MR) is 83.1 cm³/mol. The van der Waals surface area contributed by atoms with Crippen molar-refractivity contribution in [1.29, 1.82) is 0 Å². The fourth-order valence-corrected chi connectivity index (χ4v) is 3.99. The zero-order valence-electron chi connectivity index (χ0n) is 13.1. The zero-order valence-corrected chi connectivity index (χ0v) is 13.1. The molecule has 2 fully saturated rings. The van der Waals surface area contributed by atoms with E-state index in [0.29, 0.717) is 12.6 Å². The molecule has 1 atom stereocenters. The van der Waals surface area contributed by atoms with Gasteiger partial charge in [0.1, 0.15) is 5.82 Å². The molecule has 0 amide bonds. The van der Waals surface area contributed by atoms with E-state index >= 15 is 0 Å². The molecule has 2 N–H and O–H groups in total. The maximum absolute atomic E-state index is 9.40. The molecular weight excluding hydrogens is 264 g/mol. The minimum absolute atomic E-state index is 0.297. The molecule has 1 aromatic rings. The van der Waals surface area contributed by atoms with Gasteiger partial charge in [-0.2, -0.15) is 0 Å². The SMILES string of the molecule is Cc1ncc(CN2CCN(C3CCCC3)[C@H](CCO)C2)[nH]1. The number of aliphatic hydroxyl groups is 1. The third-order valence-corrected chi connectivity index (χ3v) is 5.02. The van der Waals surface area contributed by atoms with Crippen LogP contribution in [0.25, 0.3) is 0 Å². The number of H-pyrrole nitrogens is 1. The lowest BCUT2D eigenvalue weighted by Crippen LogP contribution is -2.56. The first kappa shape index (κ1) is 15.0. The Morgan fingerprint density at radius 3 is 2.81 bits per heavy atom. The molecular formula is C16H28N4O. The molecule has 0 aromatic carbocycles. The third-order valence-electron chi connectivity index (χ3n) is 5.02. The number of hydrogen-bond acceptors (Lipinski definition) is 4. The summed E-state index contributed by atoms with van der Waals surface area (Å²) in [6.45, 7) is 6.57. The van der Waals surface area contributed by atoms with Crippen LogP contribution in [-0.4, -0.2) is 63.2 Å². The molecule has 5 nitrogen and oxygen atoms in total. The molecule has 118 valence electrons. The van der Waals surface area contributed by atoms with E-state index in [0.717, 1.165) is 44.5 Å². The van der Waals surface area contributed by atoms with Crippen molar-refractivity contribution in [2.24, 2.45) is 0 Å². The van der Waals surface area contributed by atoms with Crippen LogP contribution in [0.2, 0.25) is 0 Å². The third kappa shape index (κ3) is 3.65. The van der Waals surface area contributed by atoms with E-state index in [1.54, 1.807) is 0 Å². The number of aromatic nitrogens is 2. The molecule has 1 aliphatic heterocycles. The van der Waals surface area contributed by atoms with Gasteiger partial charge >= 0.3 is 0 Å². The van der Waals surface area contributed by atoms with Gasteiger partial charge < -0.3 is 10.1 Å². The van der Waals surface area contributed by atoms with Gasteiger partial charge in [-0.3, -0.25) is 9.80 Å². The monoisotopic (exact) mass is 292 g/mol. The lowest BCUT2D eigenvalue weighted by molar-refractivity contribution is 0.0263. The molecule has 2 heterocycles. The quantitative estimate of drug-likeness (QED) is 0.864. The van der Waals surface area contributed by atoms with Crippen molar-refractivity contribution in [2.45, 2.75) is 57.7 Å². The average Bonchev–Trinajstić information content (AvgIpc) is 3.12. The number of nitrogens with zero attached hydrogens (tertiary/aromatic N) is 3. The van der Waals surface area contributed by atoms with Gasteiger partial charge in [-0.1, -0.05) is 12.8 Å². The normalized spacial score (nSPS) is 25.7. The van der Waals surface area contributed by atoms with Crippen LogP contribution >= 0.6 is 0 Å². The van der Waals surface area contributed by atoms with E-state index in [9.17, 15) is 5.11 Å². The van der Waals surface area contributed by atoms with Crippen molar-refractivity contribution < 1.29 is 5.11 Å². The van der Waals surface area contributed by atoms with Crippen LogP contribution in [0.5, 0.6) is 0 Å². The van der Waals surface area contributed by atoms with Gasteiger partial charge in [-0.15, -0.1) is 0 Å². The van der Waals surface area contributed by atoms with Gasteiger partial charge in [-0.05, 0) is 26.2 Å². The minimum Gasteiger partial charge on any atom is -0.396 e. The Morgan fingerprint density at radius 1 is 1.33 bits per heavy atom. The highest BCUT2D eigenvalue weighted by Crippen LogP contribution is 2.28. The molecule has 1 saturated heterocycles. The van der Waals surface area contributed by atoms with E-state index in [-0.39, 0.29) is 0 Å². The first-order chi connectivity index (χ1) is 10.3. The molecule has 3 rings (SSSR count). The summed E-state index contributed by atoms with van der Waals surface area (Å²) in [4.78, 5) is 12.8. The summed E-state index contributed by atoms with van der Waals surface area (Å²) >= 11 is 0. The van der Waals surface area contributed by atoms with Gasteiger partial charge in [0.2, 0.25) is 0 Å². The lowest BCUT2D eigenvalue weighted by atomic mass is 10.0. The first-order valence-corrected chi connectivity index (χ1v) is 8.35. The Hall–Kier alpha value is -0.910. The first-order valence-electron chi connectivity index (χ1n) is 8.35. The molecule has 21 heavy (non-hydrogen) atoms. The molecule has 0 bridgehead atoms. The number of nitrogens with one attached hydrogen (secondary N) is 1. The largest absolute Gasteiger partial charge is 0.396 e. The highest BCUT2D eigenvalue weighted by Gasteiger charge is 2.32. The van der Waals surface area contributed by atoms with Crippen molar-refractivity contribution in [2.75, 3.05) is 26.2 Å². The smallest absolute Gasteiger partial charge is 0.103 e. The molecule has 1 aliphatic carbocycles. The molecule has 0 radical (unpaired) electrons. The molecule has 1 aromatic heterocycles. The topological polar surface area (TPSA) is 55.4 Å². The van der Waals surface area contributed by atoms with Crippen LogP contribution in [0, 0.1) is 6.92 Å². The van der Waals surface area contributed by atoms with Crippen molar-refractivity contribution in [3.05, 3.63) is 17.7 Å². The van der Waals surface area contributed by atoms with Crippen molar-refractivity contribution >= 4 is 0 Å². The standard InChI is InChI=1S/C16H28N4O/c1-13-17-10-14(18-13)11-19-7-8-20(15-4-2-3-5-15)16(12-19)6-9-21/h10,15-16,21H,2-9,11-12H2,1H3,(H,17,18)/t16-/m1/s1. The number of aryl methyl sites for hydroxylation is 1. The fourth-order valence-electron chi connectivity index (χ4n) is 3.99. The Bertz CT molecular complexity index is 441. The second-order valence-corrected chi connectivity index (χ2v) is 6.57. The second-order valence-electron chi connectivity index (χ2n) is 6.57. The lowest BCUT2D eigenvalue weighted by Gasteiger charge is -2.44. The second kappa shape index (κ2) is 6.90. The maximum Gasteiger partial charge on any atom is 0.103 e. The van der Waals surface area contributed by atoms with Crippen molar-refractivity contribution in [3.8, 4) is 0 Å². The molecule has 2 aliphatic rings. The van der Waals surface area contributed by atoms with Crippen LogP contribution in [0.1, 0.15) is 43.6 Å². The van der Waals surface area contributed by atoms with Crippen LogP contribution < -0.4 is 0 Å².